The summed E-state index contributed by atoms with van der Waals surface area (Å²) in [6, 6.07) is 24.1. The summed E-state index contributed by atoms with van der Waals surface area (Å²) in [5, 5.41) is 7.11. The Labute approximate surface area is 269 Å². The number of amides is 1. The third-order valence-electron chi connectivity index (χ3n) is 8.57. The van der Waals surface area contributed by atoms with E-state index in [1.807, 2.05) is 76.4 Å². The highest BCUT2D eigenvalue weighted by molar-refractivity contribution is 6.31. The molecule has 0 radical (unpaired) electrons. The molecule has 1 fully saturated rings. The zero-order valence-corrected chi connectivity index (χ0v) is 26.9. The summed E-state index contributed by atoms with van der Waals surface area (Å²) < 4.78 is 1.99. The van der Waals surface area contributed by atoms with Crippen LogP contribution in [0.25, 0.3) is 33.3 Å². The first kappa shape index (κ1) is 30.4. The maximum atomic E-state index is 14.4. The summed E-state index contributed by atoms with van der Waals surface area (Å²) in [6.07, 6.45) is 3.95. The summed E-state index contributed by atoms with van der Waals surface area (Å²) in [5.74, 6) is -0.00484. The molecular formula is C35H38Cl2N6O. The molecule has 1 aliphatic heterocycles. The molecule has 1 amide bonds. The van der Waals surface area contributed by atoms with Gasteiger partial charge in [0.05, 0.1) is 18.4 Å². The van der Waals surface area contributed by atoms with E-state index in [1.54, 1.807) is 0 Å². The fourth-order valence-corrected chi connectivity index (χ4v) is 6.50. The number of aromatic amines is 1. The first-order valence-electron chi connectivity index (χ1n) is 15.1. The molecule has 6 rings (SSSR count). The average molecular weight is 630 g/mol. The van der Waals surface area contributed by atoms with Crippen LogP contribution in [0.4, 0.5) is 0 Å². The summed E-state index contributed by atoms with van der Waals surface area (Å²) in [5.41, 5.74) is 6.18. The SMILES string of the molecule is CN(C)CCCN(C)C1CCN(C(=O)c2[nH]c3cc(Cl)ccc3c2-c2c(-c3ccccc3)cnn2Cc2ccc(Cl)cc2)C1. The Hall–Kier alpha value is -3.62. The Morgan fingerprint density at radius 2 is 1.73 bits per heavy atom. The molecule has 0 bridgehead atoms. The zero-order valence-electron chi connectivity index (χ0n) is 25.4. The van der Waals surface area contributed by atoms with Crippen LogP contribution in [0, 0.1) is 0 Å². The second-order valence-electron chi connectivity index (χ2n) is 12.0. The molecule has 44 heavy (non-hydrogen) atoms. The second kappa shape index (κ2) is 13.2. The Morgan fingerprint density at radius 1 is 0.977 bits per heavy atom. The van der Waals surface area contributed by atoms with Gasteiger partial charge in [-0.15, -0.1) is 0 Å². The van der Waals surface area contributed by atoms with Gasteiger partial charge in [-0.2, -0.15) is 5.10 Å². The molecule has 0 aliphatic carbocycles. The number of fused-ring (bicyclic) bond motifs is 1. The van der Waals surface area contributed by atoms with Crippen LogP contribution < -0.4 is 0 Å². The third-order valence-corrected chi connectivity index (χ3v) is 9.06. The predicted octanol–water partition coefficient (Wildman–Crippen LogP) is 7.15. The van der Waals surface area contributed by atoms with Crippen molar-refractivity contribution in [2.24, 2.45) is 0 Å². The second-order valence-corrected chi connectivity index (χ2v) is 12.8. The normalized spacial score (nSPS) is 15.2. The number of hydrogen-bond acceptors (Lipinski definition) is 4. The van der Waals surface area contributed by atoms with Crippen molar-refractivity contribution in [1.82, 2.24) is 29.5 Å². The molecule has 1 atom stereocenters. The molecule has 1 aliphatic rings. The van der Waals surface area contributed by atoms with Gasteiger partial charge in [-0.05, 0) is 82.5 Å². The number of hydrogen-bond donors (Lipinski definition) is 1. The number of nitrogens with zero attached hydrogens (tertiary/aromatic N) is 5. The van der Waals surface area contributed by atoms with Crippen molar-refractivity contribution in [3.05, 3.63) is 100 Å². The smallest absolute Gasteiger partial charge is 0.271 e. The first-order chi connectivity index (χ1) is 21.3. The number of likely N-dealkylation sites (tertiary alicyclic amines) is 1. The summed E-state index contributed by atoms with van der Waals surface area (Å²) in [7, 11) is 6.38. The van der Waals surface area contributed by atoms with Crippen molar-refractivity contribution in [3.8, 4) is 22.4 Å². The number of carbonyl (C=O) groups excluding carboxylic acids is 1. The van der Waals surface area contributed by atoms with Gasteiger partial charge in [0.25, 0.3) is 5.91 Å². The monoisotopic (exact) mass is 628 g/mol. The van der Waals surface area contributed by atoms with Gasteiger partial charge in [0.15, 0.2) is 0 Å². The van der Waals surface area contributed by atoms with Gasteiger partial charge in [-0.1, -0.05) is 71.7 Å². The topological polar surface area (TPSA) is 60.4 Å². The molecule has 1 unspecified atom stereocenters. The quantitative estimate of drug-likeness (QED) is 0.178. The molecule has 1 N–H and O–H groups in total. The highest BCUT2D eigenvalue weighted by Crippen LogP contribution is 2.40. The molecule has 228 valence electrons. The summed E-state index contributed by atoms with van der Waals surface area (Å²) >= 11 is 12.6. The van der Waals surface area contributed by atoms with Crippen LogP contribution in [0.3, 0.4) is 0 Å². The van der Waals surface area contributed by atoms with Gasteiger partial charge >= 0.3 is 0 Å². The van der Waals surface area contributed by atoms with E-state index in [2.05, 4.69) is 48.1 Å². The number of H-pyrrole nitrogens is 1. The molecule has 2 aromatic heterocycles. The maximum Gasteiger partial charge on any atom is 0.271 e. The molecule has 0 saturated carbocycles. The molecule has 3 heterocycles. The number of aromatic nitrogens is 3. The van der Waals surface area contributed by atoms with Gasteiger partial charge in [0.2, 0.25) is 0 Å². The van der Waals surface area contributed by atoms with Crippen LogP contribution in [-0.4, -0.2) is 88.7 Å². The minimum absolute atomic E-state index is 0.00484. The number of benzene rings is 3. The Balaban J connectivity index is 1.42. The van der Waals surface area contributed by atoms with Crippen LogP contribution >= 0.6 is 23.2 Å². The highest BCUT2D eigenvalue weighted by Gasteiger charge is 2.33. The average Bonchev–Trinajstić information content (AvgIpc) is 3.75. The lowest BCUT2D eigenvalue weighted by atomic mass is 9.98. The minimum Gasteiger partial charge on any atom is -0.350 e. The maximum absolute atomic E-state index is 14.4. The number of rotatable bonds is 10. The number of halogens is 2. The highest BCUT2D eigenvalue weighted by atomic mass is 35.5. The van der Waals surface area contributed by atoms with Crippen LogP contribution in [0.1, 0.15) is 28.9 Å². The largest absolute Gasteiger partial charge is 0.350 e. The Morgan fingerprint density at radius 3 is 2.48 bits per heavy atom. The molecule has 0 spiro atoms. The molecule has 3 aromatic carbocycles. The number of nitrogens with one attached hydrogen (secondary N) is 1. The first-order valence-corrected chi connectivity index (χ1v) is 15.9. The summed E-state index contributed by atoms with van der Waals surface area (Å²) in [6.45, 7) is 3.99. The Kier molecular flexibility index (Phi) is 9.10. The van der Waals surface area contributed by atoms with Gasteiger partial charge in [0.1, 0.15) is 5.69 Å². The van der Waals surface area contributed by atoms with Crippen molar-refractivity contribution in [2.75, 3.05) is 47.3 Å². The van der Waals surface area contributed by atoms with E-state index >= 15 is 0 Å². The van der Waals surface area contributed by atoms with Crippen LogP contribution in [0.15, 0.2) is 79.0 Å². The lowest BCUT2D eigenvalue weighted by Gasteiger charge is -2.25. The Bertz CT molecular complexity index is 1740. The molecular weight excluding hydrogens is 591 g/mol. The zero-order chi connectivity index (χ0) is 30.8. The van der Waals surface area contributed by atoms with Crippen molar-refractivity contribution in [3.63, 3.8) is 0 Å². The number of likely N-dealkylation sites (N-methyl/N-ethyl adjacent to an activating group) is 1. The van der Waals surface area contributed by atoms with Crippen LogP contribution in [0.2, 0.25) is 10.0 Å². The molecule has 5 aromatic rings. The van der Waals surface area contributed by atoms with Crippen molar-refractivity contribution >= 4 is 40.0 Å². The van der Waals surface area contributed by atoms with E-state index in [0.29, 0.717) is 41.4 Å². The van der Waals surface area contributed by atoms with E-state index in [-0.39, 0.29) is 5.91 Å². The van der Waals surface area contributed by atoms with Crippen molar-refractivity contribution < 1.29 is 4.79 Å². The summed E-state index contributed by atoms with van der Waals surface area (Å²) in [4.78, 5) is 24.5. The fourth-order valence-electron chi connectivity index (χ4n) is 6.20. The van der Waals surface area contributed by atoms with Crippen LogP contribution in [0.5, 0.6) is 0 Å². The molecule has 9 heteroatoms. The minimum atomic E-state index is -0.00484. The van der Waals surface area contributed by atoms with Crippen molar-refractivity contribution in [1.29, 1.82) is 0 Å². The van der Waals surface area contributed by atoms with E-state index < -0.39 is 0 Å². The third kappa shape index (κ3) is 6.42. The van der Waals surface area contributed by atoms with E-state index in [1.165, 1.54) is 0 Å². The van der Waals surface area contributed by atoms with Gasteiger partial charge in [0, 0.05) is 51.2 Å². The lowest BCUT2D eigenvalue weighted by Crippen LogP contribution is -2.37. The lowest BCUT2D eigenvalue weighted by molar-refractivity contribution is 0.0776. The van der Waals surface area contributed by atoms with E-state index in [0.717, 1.165) is 64.8 Å². The molecule has 7 nitrogen and oxygen atoms in total. The van der Waals surface area contributed by atoms with E-state index in [9.17, 15) is 4.79 Å². The van der Waals surface area contributed by atoms with Crippen molar-refractivity contribution in [2.45, 2.75) is 25.4 Å². The molecule has 1 saturated heterocycles. The van der Waals surface area contributed by atoms with Gasteiger partial charge < -0.3 is 19.7 Å². The van der Waals surface area contributed by atoms with Gasteiger partial charge in [-0.3, -0.25) is 9.48 Å². The number of carbonyl (C=O) groups is 1. The standard InChI is InChI=1S/C35H38Cl2N6O/c1-40(2)17-7-18-41(3)28-16-19-42(23-28)35(44)33-32(29-15-14-27(37)20-31(29)39-33)34-30(25-8-5-4-6-9-25)21-38-43(34)22-24-10-12-26(36)13-11-24/h4-6,8-15,20-21,28,39H,7,16-19,22-23H2,1-3H3. The van der Waals surface area contributed by atoms with E-state index in [4.69, 9.17) is 28.3 Å². The van der Waals surface area contributed by atoms with Gasteiger partial charge in [-0.25, -0.2) is 0 Å². The fraction of sp³-hybridized carbons (Fsp3) is 0.314. The predicted molar refractivity (Wildman–Crippen MR) is 181 cm³/mol. The van der Waals surface area contributed by atoms with Crippen LogP contribution in [-0.2, 0) is 6.54 Å².